The lowest BCUT2D eigenvalue weighted by atomic mass is 9.96. The summed E-state index contributed by atoms with van der Waals surface area (Å²) >= 11 is 0. The number of methoxy groups -OCH3 is 1. The molecule has 0 unspecified atom stereocenters. The number of pyridine rings is 1. The van der Waals surface area contributed by atoms with Crippen molar-refractivity contribution in [2.75, 3.05) is 20.2 Å². The zero-order valence-electron chi connectivity index (χ0n) is 19.5. The molecule has 1 aromatic carbocycles. The number of likely N-dealkylation sites (tertiary alicyclic amines) is 1. The fraction of sp³-hybridized carbons (Fsp3) is 0.269. The van der Waals surface area contributed by atoms with Crippen molar-refractivity contribution < 1.29 is 9.53 Å². The number of aromatic nitrogens is 3. The molecule has 7 heteroatoms. The molecule has 2 aromatic heterocycles. The number of aryl methyl sites for hydroxylation is 1. The highest BCUT2D eigenvalue weighted by molar-refractivity contribution is 5.93. The number of allylic oxidation sites excluding steroid dienone is 1. The minimum Gasteiger partial charge on any atom is -0.402 e. The molecule has 1 aliphatic heterocycles. The van der Waals surface area contributed by atoms with E-state index in [1.165, 1.54) is 0 Å². The fourth-order valence-electron chi connectivity index (χ4n) is 4.06. The van der Waals surface area contributed by atoms with Gasteiger partial charge in [0.05, 0.1) is 24.6 Å². The lowest BCUT2D eigenvalue weighted by Crippen LogP contribution is -2.62. The van der Waals surface area contributed by atoms with Crippen LogP contribution < -0.4 is 16.3 Å². The molecule has 3 heterocycles. The lowest BCUT2D eigenvalue weighted by molar-refractivity contribution is -0.0949. The van der Waals surface area contributed by atoms with Crippen LogP contribution in [0, 0.1) is 0 Å². The smallest absolute Gasteiger partial charge is 0.272 e. The van der Waals surface area contributed by atoms with E-state index in [9.17, 15) is 4.79 Å². The first-order chi connectivity index (χ1) is 15.7. The highest BCUT2D eigenvalue weighted by Crippen LogP contribution is 2.25. The maximum atomic E-state index is 13.0. The third-order valence-corrected chi connectivity index (χ3v) is 6.06. The number of ether oxygens (including phenoxy) is 1. The third kappa shape index (κ3) is 4.32. The second-order valence-corrected chi connectivity index (χ2v) is 8.69. The monoisotopic (exact) mass is 443 g/mol. The summed E-state index contributed by atoms with van der Waals surface area (Å²) in [5, 5.41) is 5.66. The van der Waals surface area contributed by atoms with Crippen molar-refractivity contribution in [2.45, 2.75) is 19.4 Å². The summed E-state index contributed by atoms with van der Waals surface area (Å²) in [6.45, 7) is 8.91. The predicted octanol–water partition coefficient (Wildman–Crippen LogP) is 1.81. The first-order valence-electron chi connectivity index (χ1n) is 10.8. The Kier molecular flexibility index (Phi) is 5.91. The Balaban J connectivity index is 1.78. The number of carbonyl (C=O) groups excluding carboxylic acids is 1. The van der Waals surface area contributed by atoms with Crippen LogP contribution in [0.5, 0.6) is 0 Å². The maximum absolute atomic E-state index is 13.0. The van der Waals surface area contributed by atoms with Crippen molar-refractivity contribution in [1.82, 2.24) is 19.7 Å². The Hall–Kier alpha value is -3.71. The van der Waals surface area contributed by atoms with Gasteiger partial charge in [0.1, 0.15) is 11.3 Å². The molecule has 0 spiro atoms. The minimum atomic E-state index is -0.297. The topological polar surface area (TPSA) is 86.3 Å². The predicted molar refractivity (Wildman–Crippen MR) is 129 cm³/mol. The van der Waals surface area contributed by atoms with Gasteiger partial charge in [-0.05, 0) is 37.1 Å². The van der Waals surface area contributed by atoms with E-state index in [1.807, 2.05) is 63.6 Å². The number of nitrogens with zero attached hydrogens (tertiary/aromatic N) is 4. The standard InChI is InChI=1S/C26H29N5O2/c1-6-21(19-9-7-18(8-10-19)20-13-28-30(4)14-20)24-22(17(2)27)11-12-23(29-24)25(32)31-15-26(3,16-31)33-5/h6-14H,1,15-16,27H2,2-5H3/b22-17+,24-21-. The van der Waals surface area contributed by atoms with Gasteiger partial charge in [0.25, 0.3) is 5.91 Å². The number of amides is 1. The summed E-state index contributed by atoms with van der Waals surface area (Å²) in [5.74, 6) is -0.123. The summed E-state index contributed by atoms with van der Waals surface area (Å²) in [5.41, 5.74) is 10.7. The first-order valence-corrected chi connectivity index (χ1v) is 10.8. The average Bonchev–Trinajstić information content (AvgIpc) is 3.23. The van der Waals surface area contributed by atoms with Gasteiger partial charge in [-0.3, -0.25) is 9.48 Å². The number of hydrogen-bond acceptors (Lipinski definition) is 5. The van der Waals surface area contributed by atoms with Crippen LogP contribution in [0.25, 0.3) is 22.4 Å². The second kappa shape index (κ2) is 8.67. The van der Waals surface area contributed by atoms with Crippen molar-refractivity contribution in [1.29, 1.82) is 0 Å². The van der Waals surface area contributed by atoms with E-state index in [2.05, 4.69) is 11.7 Å². The summed E-state index contributed by atoms with van der Waals surface area (Å²) < 4.78 is 7.24. The van der Waals surface area contributed by atoms with Crippen LogP contribution in [0.3, 0.4) is 0 Å². The maximum Gasteiger partial charge on any atom is 0.272 e. The van der Waals surface area contributed by atoms with Crippen molar-refractivity contribution in [3.05, 3.63) is 83.3 Å². The zero-order valence-corrected chi connectivity index (χ0v) is 19.5. The molecule has 1 fully saturated rings. The van der Waals surface area contributed by atoms with Gasteiger partial charge in [0.2, 0.25) is 0 Å². The van der Waals surface area contributed by atoms with Crippen LogP contribution >= 0.6 is 0 Å². The number of benzene rings is 1. The summed E-state index contributed by atoms with van der Waals surface area (Å²) in [7, 11) is 3.56. The van der Waals surface area contributed by atoms with Crippen LogP contribution in [-0.4, -0.2) is 51.4 Å². The highest BCUT2D eigenvalue weighted by Gasteiger charge is 2.42. The van der Waals surface area contributed by atoms with Gasteiger partial charge in [-0.15, -0.1) is 0 Å². The molecule has 0 atom stereocenters. The van der Waals surface area contributed by atoms with Crippen LogP contribution in [-0.2, 0) is 11.8 Å². The molecule has 7 nitrogen and oxygen atoms in total. The molecule has 33 heavy (non-hydrogen) atoms. The molecule has 0 bridgehead atoms. The zero-order chi connectivity index (χ0) is 23.8. The third-order valence-electron chi connectivity index (χ3n) is 6.06. The van der Waals surface area contributed by atoms with E-state index < -0.39 is 0 Å². The van der Waals surface area contributed by atoms with Gasteiger partial charge in [0, 0.05) is 42.4 Å². The summed E-state index contributed by atoms with van der Waals surface area (Å²) in [6.07, 6.45) is 5.56. The largest absolute Gasteiger partial charge is 0.402 e. The van der Waals surface area contributed by atoms with Crippen LogP contribution in [0.1, 0.15) is 29.9 Å². The Bertz CT molecular complexity index is 1330. The summed E-state index contributed by atoms with van der Waals surface area (Å²) in [4.78, 5) is 19.5. The molecular formula is C26H29N5O2. The van der Waals surface area contributed by atoms with Crippen LogP contribution in [0.15, 0.2) is 61.4 Å². The second-order valence-electron chi connectivity index (χ2n) is 8.69. The minimum absolute atomic E-state index is 0.123. The van der Waals surface area contributed by atoms with E-state index in [1.54, 1.807) is 28.8 Å². The van der Waals surface area contributed by atoms with E-state index in [0.29, 0.717) is 29.8 Å². The van der Waals surface area contributed by atoms with Crippen molar-refractivity contribution >= 4 is 17.2 Å². The Morgan fingerprint density at radius 3 is 2.42 bits per heavy atom. The van der Waals surface area contributed by atoms with Crippen molar-refractivity contribution in [3.8, 4) is 11.1 Å². The molecule has 4 rings (SSSR count). The van der Waals surface area contributed by atoms with Crippen LogP contribution in [0.2, 0.25) is 0 Å². The molecule has 1 saturated heterocycles. The lowest BCUT2D eigenvalue weighted by Gasteiger charge is -2.46. The van der Waals surface area contributed by atoms with Gasteiger partial charge in [-0.2, -0.15) is 5.10 Å². The number of nitrogens with two attached hydrogens (primary N) is 1. The molecule has 1 amide bonds. The van der Waals surface area contributed by atoms with E-state index >= 15 is 0 Å². The van der Waals surface area contributed by atoms with E-state index in [-0.39, 0.29) is 11.5 Å². The molecule has 0 aliphatic carbocycles. The van der Waals surface area contributed by atoms with Crippen molar-refractivity contribution in [2.24, 2.45) is 12.8 Å². The van der Waals surface area contributed by atoms with Gasteiger partial charge < -0.3 is 15.4 Å². The molecule has 170 valence electrons. The Morgan fingerprint density at radius 2 is 1.88 bits per heavy atom. The van der Waals surface area contributed by atoms with Gasteiger partial charge in [-0.25, -0.2) is 4.98 Å². The number of rotatable bonds is 5. The number of carbonyl (C=O) groups is 1. The van der Waals surface area contributed by atoms with Crippen molar-refractivity contribution in [3.63, 3.8) is 0 Å². The Labute approximate surface area is 193 Å². The normalized spacial score (nSPS) is 16.7. The Morgan fingerprint density at radius 1 is 1.18 bits per heavy atom. The number of hydrogen-bond donors (Lipinski definition) is 1. The summed E-state index contributed by atoms with van der Waals surface area (Å²) in [6, 6.07) is 11.7. The molecule has 0 saturated carbocycles. The molecule has 0 radical (unpaired) electrons. The molecule has 1 aliphatic rings. The SMILES string of the molecule is C=C/C(c1ccc(-c2cnn(C)c2)cc1)=c1/nc(C(=O)N2CC(C)(OC)C2)cc/c1=C(/C)N. The van der Waals surface area contributed by atoms with Gasteiger partial charge in [-0.1, -0.05) is 36.9 Å². The van der Waals surface area contributed by atoms with Crippen LogP contribution in [0.4, 0.5) is 0 Å². The highest BCUT2D eigenvalue weighted by atomic mass is 16.5. The first kappa shape index (κ1) is 22.5. The van der Waals surface area contributed by atoms with E-state index in [0.717, 1.165) is 27.5 Å². The molecule has 2 N–H and O–H groups in total. The molecule has 3 aromatic rings. The fourth-order valence-corrected chi connectivity index (χ4v) is 4.06. The van der Waals surface area contributed by atoms with E-state index in [4.69, 9.17) is 15.5 Å². The molecular weight excluding hydrogens is 414 g/mol. The van der Waals surface area contributed by atoms with Gasteiger partial charge in [0.15, 0.2) is 0 Å². The van der Waals surface area contributed by atoms with Gasteiger partial charge >= 0.3 is 0 Å². The average molecular weight is 444 g/mol. The quantitative estimate of drug-likeness (QED) is 0.650.